The van der Waals surface area contributed by atoms with Crippen molar-refractivity contribution in [3.63, 3.8) is 0 Å². The van der Waals surface area contributed by atoms with Crippen LogP contribution in [0.4, 0.5) is 5.69 Å². The van der Waals surface area contributed by atoms with Crippen molar-refractivity contribution in [3.05, 3.63) is 77.5 Å². The molecular formula is C20H21N3O2. The fourth-order valence-corrected chi connectivity index (χ4v) is 2.38. The summed E-state index contributed by atoms with van der Waals surface area (Å²) in [5.41, 5.74) is 2.68. The van der Waals surface area contributed by atoms with Gasteiger partial charge in [0, 0.05) is 25.0 Å². The summed E-state index contributed by atoms with van der Waals surface area (Å²) in [6.45, 7) is 2.70. The normalized spacial score (nSPS) is 10.8. The Hall–Kier alpha value is -3.10. The minimum Gasteiger partial charge on any atom is -0.395 e. The van der Waals surface area contributed by atoms with Gasteiger partial charge in [0.15, 0.2) is 0 Å². The van der Waals surface area contributed by atoms with Crippen molar-refractivity contribution in [2.75, 3.05) is 18.5 Å². The molecule has 0 aliphatic heterocycles. The monoisotopic (exact) mass is 335 g/mol. The van der Waals surface area contributed by atoms with Crippen LogP contribution in [0.2, 0.25) is 0 Å². The van der Waals surface area contributed by atoms with Crippen LogP contribution in [0, 0.1) is 18.3 Å². The Bertz CT molecular complexity index is 779. The third kappa shape index (κ3) is 5.79. The first-order chi connectivity index (χ1) is 12.1. The number of aliphatic hydroxyl groups excluding tert-OH is 1. The number of amides is 1. The van der Waals surface area contributed by atoms with Gasteiger partial charge in [-0.05, 0) is 30.2 Å². The van der Waals surface area contributed by atoms with E-state index in [1.807, 2.05) is 61.5 Å². The fourth-order valence-electron chi connectivity index (χ4n) is 2.38. The van der Waals surface area contributed by atoms with Crippen LogP contribution in [0.15, 0.2) is 66.4 Å². The minimum atomic E-state index is -0.468. The molecule has 0 aliphatic rings. The molecule has 0 saturated carbocycles. The molecule has 2 rings (SSSR count). The van der Waals surface area contributed by atoms with E-state index in [1.165, 1.54) is 6.20 Å². The molecule has 5 heteroatoms. The molecule has 2 aromatic carbocycles. The quantitative estimate of drug-likeness (QED) is 0.602. The van der Waals surface area contributed by atoms with E-state index in [4.69, 9.17) is 0 Å². The number of carbonyl (C=O) groups is 1. The smallest absolute Gasteiger partial charge is 0.267 e. The molecule has 0 unspecified atom stereocenters. The molecule has 0 bridgehead atoms. The third-order valence-corrected chi connectivity index (χ3v) is 3.57. The highest BCUT2D eigenvalue weighted by Crippen LogP contribution is 2.12. The highest BCUT2D eigenvalue weighted by atomic mass is 16.3. The van der Waals surface area contributed by atoms with Crippen molar-refractivity contribution >= 4 is 11.6 Å². The summed E-state index contributed by atoms with van der Waals surface area (Å²) in [6, 6.07) is 19.0. The molecule has 2 N–H and O–H groups in total. The van der Waals surface area contributed by atoms with Gasteiger partial charge in [0.25, 0.3) is 5.91 Å². The molecule has 0 saturated heterocycles. The van der Waals surface area contributed by atoms with E-state index in [0.29, 0.717) is 18.8 Å². The largest absolute Gasteiger partial charge is 0.395 e. The molecule has 0 spiro atoms. The number of carbonyl (C=O) groups excluding carboxylic acids is 1. The van der Waals surface area contributed by atoms with Gasteiger partial charge in [-0.1, -0.05) is 42.5 Å². The first-order valence-corrected chi connectivity index (χ1v) is 8.01. The van der Waals surface area contributed by atoms with Crippen LogP contribution >= 0.6 is 0 Å². The van der Waals surface area contributed by atoms with Crippen LogP contribution in [-0.2, 0) is 11.3 Å². The van der Waals surface area contributed by atoms with Crippen LogP contribution < -0.4 is 5.32 Å². The molecule has 1 amide bonds. The highest BCUT2D eigenvalue weighted by Gasteiger charge is 2.12. The van der Waals surface area contributed by atoms with E-state index in [9.17, 15) is 15.2 Å². The first kappa shape index (κ1) is 18.2. The average Bonchev–Trinajstić information content (AvgIpc) is 2.60. The number of rotatable bonds is 7. The Labute approximate surface area is 147 Å². The van der Waals surface area contributed by atoms with Crippen molar-refractivity contribution < 1.29 is 9.90 Å². The van der Waals surface area contributed by atoms with Crippen molar-refractivity contribution in [3.8, 4) is 6.07 Å². The number of hydrogen-bond acceptors (Lipinski definition) is 4. The number of nitrogens with one attached hydrogen (secondary N) is 1. The van der Waals surface area contributed by atoms with E-state index in [0.717, 1.165) is 11.1 Å². The maximum atomic E-state index is 12.4. The van der Waals surface area contributed by atoms with E-state index >= 15 is 0 Å². The third-order valence-electron chi connectivity index (χ3n) is 3.57. The van der Waals surface area contributed by atoms with Gasteiger partial charge in [0.05, 0.1) is 6.61 Å². The molecule has 0 aromatic heterocycles. The molecule has 0 fully saturated rings. The molecule has 128 valence electrons. The lowest BCUT2D eigenvalue weighted by Gasteiger charge is -2.20. The number of benzene rings is 2. The van der Waals surface area contributed by atoms with Crippen molar-refractivity contribution in [1.82, 2.24) is 4.90 Å². The van der Waals surface area contributed by atoms with E-state index in [1.54, 1.807) is 11.0 Å². The lowest BCUT2D eigenvalue weighted by molar-refractivity contribution is -0.112. The molecular weight excluding hydrogens is 314 g/mol. The minimum absolute atomic E-state index is 0.00844. The van der Waals surface area contributed by atoms with Crippen LogP contribution in [-0.4, -0.2) is 29.1 Å². The molecule has 0 aliphatic carbocycles. The Morgan fingerprint density at radius 1 is 1.24 bits per heavy atom. The lowest BCUT2D eigenvalue weighted by atomic mass is 10.2. The Morgan fingerprint density at radius 3 is 2.64 bits per heavy atom. The number of hydrogen-bond donors (Lipinski definition) is 2. The summed E-state index contributed by atoms with van der Waals surface area (Å²) in [4.78, 5) is 14.1. The molecule has 0 atom stereocenters. The number of aliphatic hydroxyl groups is 1. The van der Waals surface area contributed by atoms with Crippen molar-refractivity contribution in [2.45, 2.75) is 13.5 Å². The maximum absolute atomic E-state index is 12.4. The van der Waals surface area contributed by atoms with Gasteiger partial charge in [-0.2, -0.15) is 5.26 Å². The van der Waals surface area contributed by atoms with E-state index in [-0.39, 0.29) is 12.2 Å². The van der Waals surface area contributed by atoms with E-state index in [2.05, 4.69) is 5.32 Å². The van der Waals surface area contributed by atoms with E-state index < -0.39 is 5.91 Å². The predicted molar refractivity (Wildman–Crippen MR) is 97.4 cm³/mol. The van der Waals surface area contributed by atoms with Gasteiger partial charge < -0.3 is 15.3 Å². The SMILES string of the molecule is Cc1cccc(NC(=O)/C(C#N)=C\N(CCO)Cc2ccccc2)c1. The summed E-state index contributed by atoms with van der Waals surface area (Å²) < 4.78 is 0. The number of anilines is 1. The zero-order valence-electron chi connectivity index (χ0n) is 14.1. The number of nitrogens with zero attached hydrogens (tertiary/aromatic N) is 2. The van der Waals surface area contributed by atoms with Crippen LogP contribution in [0.25, 0.3) is 0 Å². The molecule has 2 aromatic rings. The summed E-state index contributed by atoms with van der Waals surface area (Å²) in [5.74, 6) is -0.468. The Kier molecular flexibility index (Phi) is 6.76. The van der Waals surface area contributed by atoms with Gasteiger partial charge in [0.2, 0.25) is 0 Å². The van der Waals surface area contributed by atoms with Gasteiger partial charge in [0.1, 0.15) is 11.6 Å². The van der Waals surface area contributed by atoms with Crippen LogP contribution in [0.3, 0.4) is 0 Å². The lowest BCUT2D eigenvalue weighted by Crippen LogP contribution is -2.24. The molecule has 25 heavy (non-hydrogen) atoms. The summed E-state index contributed by atoms with van der Waals surface area (Å²) in [6.07, 6.45) is 1.49. The van der Waals surface area contributed by atoms with Crippen LogP contribution in [0.5, 0.6) is 0 Å². The molecule has 0 heterocycles. The number of aryl methyl sites for hydroxylation is 1. The second kappa shape index (κ2) is 9.26. The Morgan fingerprint density at radius 2 is 2.00 bits per heavy atom. The Balaban J connectivity index is 2.14. The summed E-state index contributed by atoms with van der Waals surface area (Å²) in [7, 11) is 0. The zero-order chi connectivity index (χ0) is 18.1. The zero-order valence-corrected chi connectivity index (χ0v) is 14.1. The number of nitriles is 1. The van der Waals surface area contributed by atoms with Gasteiger partial charge in [-0.3, -0.25) is 4.79 Å². The van der Waals surface area contributed by atoms with Gasteiger partial charge in [-0.25, -0.2) is 0 Å². The second-order valence-corrected chi connectivity index (χ2v) is 5.66. The summed E-state index contributed by atoms with van der Waals surface area (Å²) >= 11 is 0. The topological polar surface area (TPSA) is 76.4 Å². The predicted octanol–water partition coefficient (Wildman–Crippen LogP) is 2.84. The second-order valence-electron chi connectivity index (χ2n) is 5.66. The molecule has 5 nitrogen and oxygen atoms in total. The van der Waals surface area contributed by atoms with Gasteiger partial charge in [-0.15, -0.1) is 0 Å². The maximum Gasteiger partial charge on any atom is 0.267 e. The van der Waals surface area contributed by atoms with Crippen molar-refractivity contribution in [2.24, 2.45) is 0 Å². The van der Waals surface area contributed by atoms with Crippen LogP contribution in [0.1, 0.15) is 11.1 Å². The van der Waals surface area contributed by atoms with Crippen molar-refractivity contribution in [1.29, 1.82) is 5.26 Å². The fraction of sp³-hybridized carbons (Fsp3) is 0.200. The van der Waals surface area contributed by atoms with Gasteiger partial charge >= 0.3 is 0 Å². The average molecular weight is 335 g/mol. The first-order valence-electron chi connectivity index (χ1n) is 8.01. The standard InChI is InChI=1S/C20H21N3O2/c1-16-6-5-9-19(12-16)22-20(25)18(13-21)15-23(10-11-24)14-17-7-3-2-4-8-17/h2-9,12,15,24H,10-11,14H2,1H3,(H,22,25)/b18-15-. The highest BCUT2D eigenvalue weighted by molar-refractivity contribution is 6.06. The molecule has 0 radical (unpaired) electrons. The summed E-state index contributed by atoms with van der Waals surface area (Å²) in [5, 5.41) is 21.3.